The van der Waals surface area contributed by atoms with E-state index in [1.165, 1.54) is 44.9 Å². The minimum Gasteiger partial charge on any atom is -0.439 e. The molecule has 1 aliphatic rings. The molecule has 3 rings (SSSR count). The number of oxazole rings is 1. The molecular formula is C16H23N3O. The number of hydrogen-bond acceptors (Lipinski definition) is 4. The van der Waals surface area contributed by atoms with Crippen molar-refractivity contribution in [3.05, 3.63) is 18.2 Å². The van der Waals surface area contributed by atoms with Crippen molar-refractivity contribution >= 4 is 16.9 Å². The molecule has 108 valence electrons. The Labute approximate surface area is 119 Å². The second kappa shape index (κ2) is 5.81. The largest absolute Gasteiger partial charge is 0.439 e. The number of fused-ring (bicyclic) bond motifs is 1. The molecule has 1 aliphatic carbocycles. The van der Waals surface area contributed by atoms with Gasteiger partial charge in [0.25, 0.3) is 0 Å². The Bertz CT molecular complexity index is 570. The molecule has 4 heteroatoms. The lowest BCUT2D eigenvalue weighted by Crippen LogP contribution is -2.13. The lowest BCUT2D eigenvalue weighted by atomic mass is 9.80. The predicted octanol–water partition coefficient (Wildman–Crippen LogP) is 4.27. The van der Waals surface area contributed by atoms with Gasteiger partial charge in [-0.3, -0.25) is 0 Å². The van der Waals surface area contributed by atoms with Crippen molar-refractivity contribution in [2.75, 3.05) is 5.73 Å². The van der Waals surface area contributed by atoms with Gasteiger partial charge in [0.2, 0.25) is 0 Å². The van der Waals surface area contributed by atoms with Crippen LogP contribution in [-0.4, -0.2) is 9.97 Å². The maximum absolute atomic E-state index is 5.85. The van der Waals surface area contributed by atoms with Crippen molar-refractivity contribution in [2.24, 2.45) is 5.92 Å². The zero-order valence-electron chi connectivity index (χ0n) is 12.1. The maximum Gasteiger partial charge on any atom is 0.200 e. The summed E-state index contributed by atoms with van der Waals surface area (Å²) in [5.74, 6) is 2.22. The molecule has 0 radical (unpaired) electrons. The van der Waals surface area contributed by atoms with Gasteiger partial charge < -0.3 is 10.2 Å². The van der Waals surface area contributed by atoms with E-state index < -0.39 is 0 Å². The van der Waals surface area contributed by atoms with E-state index in [0.29, 0.717) is 22.8 Å². The van der Waals surface area contributed by atoms with E-state index in [0.717, 1.165) is 11.8 Å². The SMILES string of the molecule is CCCCC1CCC(c2nc3ncc(N)cc3o2)CC1. The number of nitrogens with two attached hydrogens (primary N) is 1. The molecule has 0 aromatic carbocycles. The Morgan fingerprint density at radius 3 is 2.85 bits per heavy atom. The smallest absolute Gasteiger partial charge is 0.200 e. The van der Waals surface area contributed by atoms with Crippen molar-refractivity contribution in [3.8, 4) is 0 Å². The summed E-state index contributed by atoms with van der Waals surface area (Å²) in [5, 5.41) is 0. The van der Waals surface area contributed by atoms with Crippen LogP contribution >= 0.6 is 0 Å². The number of hydrogen-bond donors (Lipinski definition) is 1. The normalized spacial score (nSPS) is 23.2. The van der Waals surface area contributed by atoms with Gasteiger partial charge in [-0.15, -0.1) is 0 Å². The van der Waals surface area contributed by atoms with Crippen molar-refractivity contribution in [3.63, 3.8) is 0 Å². The molecule has 0 aliphatic heterocycles. The summed E-state index contributed by atoms with van der Waals surface area (Å²) < 4.78 is 5.85. The second-order valence-electron chi connectivity index (χ2n) is 6.00. The lowest BCUT2D eigenvalue weighted by molar-refractivity contribution is 0.280. The van der Waals surface area contributed by atoms with E-state index in [1.807, 2.05) is 6.07 Å². The number of rotatable bonds is 4. The molecule has 0 atom stereocenters. The molecular weight excluding hydrogens is 250 g/mol. The number of nitrogens with zero attached hydrogens (tertiary/aromatic N) is 2. The van der Waals surface area contributed by atoms with E-state index in [-0.39, 0.29) is 0 Å². The van der Waals surface area contributed by atoms with E-state index >= 15 is 0 Å². The van der Waals surface area contributed by atoms with Crippen LogP contribution in [0.2, 0.25) is 0 Å². The van der Waals surface area contributed by atoms with Crippen LogP contribution in [0.15, 0.2) is 16.7 Å². The van der Waals surface area contributed by atoms with Crippen molar-refractivity contribution in [2.45, 2.75) is 57.8 Å². The third kappa shape index (κ3) is 2.79. The summed E-state index contributed by atoms with van der Waals surface area (Å²) in [6, 6.07) is 1.81. The van der Waals surface area contributed by atoms with Crippen molar-refractivity contribution in [1.29, 1.82) is 0 Å². The number of nitrogen functional groups attached to an aromatic ring is 1. The van der Waals surface area contributed by atoms with E-state index in [1.54, 1.807) is 6.20 Å². The minimum absolute atomic E-state index is 0.461. The topological polar surface area (TPSA) is 64.9 Å². The van der Waals surface area contributed by atoms with E-state index in [4.69, 9.17) is 10.2 Å². The average molecular weight is 273 g/mol. The molecule has 1 fully saturated rings. The average Bonchev–Trinajstić information content (AvgIpc) is 2.88. The van der Waals surface area contributed by atoms with Gasteiger partial charge in [0.15, 0.2) is 17.1 Å². The highest BCUT2D eigenvalue weighted by atomic mass is 16.3. The Balaban J connectivity index is 1.67. The Morgan fingerprint density at radius 1 is 1.30 bits per heavy atom. The van der Waals surface area contributed by atoms with Crippen LogP contribution in [0.25, 0.3) is 11.2 Å². The summed E-state index contributed by atoms with van der Waals surface area (Å²) in [4.78, 5) is 8.75. The molecule has 1 saturated carbocycles. The Morgan fingerprint density at radius 2 is 2.10 bits per heavy atom. The summed E-state index contributed by atoms with van der Waals surface area (Å²) >= 11 is 0. The van der Waals surface area contributed by atoms with Gasteiger partial charge in [0.05, 0.1) is 11.9 Å². The number of aromatic nitrogens is 2. The maximum atomic E-state index is 5.85. The minimum atomic E-state index is 0.461. The van der Waals surface area contributed by atoms with Crippen LogP contribution in [0.5, 0.6) is 0 Å². The van der Waals surface area contributed by atoms with E-state index in [9.17, 15) is 0 Å². The summed E-state index contributed by atoms with van der Waals surface area (Å²) in [5.41, 5.74) is 7.75. The third-order valence-corrected chi connectivity index (χ3v) is 4.45. The first-order valence-electron chi connectivity index (χ1n) is 7.78. The molecule has 2 N–H and O–H groups in total. The molecule has 0 saturated heterocycles. The van der Waals surface area contributed by atoms with Crippen LogP contribution in [-0.2, 0) is 0 Å². The van der Waals surface area contributed by atoms with E-state index in [2.05, 4.69) is 16.9 Å². The van der Waals surface area contributed by atoms with Crippen molar-refractivity contribution in [1.82, 2.24) is 9.97 Å². The molecule has 2 aromatic rings. The van der Waals surface area contributed by atoms with Gasteiger partial charge in [-0.1, -0.05) is 26.2 Å². The first-order chi connectivity index (χ1) is 9.76. The Kier molecular flexibility index (Phi) is 3.90. The molecule has 2 heterocycles. The van der Waals surface area contributed by atoms with Crippen LogP contribution in [0.1, 0.15) is 63.7 Å². The van der Waals surface area contributed by atoms with Gasteiger partial charge in [-0.25, -0.2) is 4.98 Å². The van der Waals surface area contributed by atoms with Crippen LogP contribution in [0.3, 0.4) is 0 Å². The fraction of sp³-hybridized carbons (Fsp3) is 0.625. The summed E-state index contributed by atoms with van der Waals surface area (Å²) in [6.45, 7) is 2.27. The highest BCUT2D eigenvalue weighted by molar-refractivity contribution is 5.71. The predicted molar refractivity (Wildman–Crippen MR) is 80.4 cm³/mol. The second-order valence-corrected chi connectivity index (χ2v) is 6.00. The van der Waals surface area contributed by atoms with Crippen molar-refractivity contribution < 1.29 is 4.42 Å². The highest BCUT2D eigenvalue weighted by Crippen LogP contribution is 2.38. The van der Waals surface area contributed by atoms with Gasteiger partial charge in [0, 0.05) is 12.0 Å². The summed E-state index contributed by atoms with van der Waals surface area (Å²) in [6.07, 6.45) is 10.7. The first kappa shape index (κ1) is 13.4. The quantitative estimate of drug-likeness (QED) is 0.903. The fourth-order valence-corrected chi connectivity index (χ4v) is 3.22. The molecule has 20 heavy (non-hydrogen) atoms. The summed E-state index contributed by atoms with van der Waals surface area (Å²) in [7, 11) is 0. The Hall–Kier alpha value is -1.58. The molecule has 2 aromatic heterocycles. The highest BCUT2D eigenvalue weighted by Gasteiger charge is 2.25. The number of unbranched alkanes of at least 4 members (excludes halogenated alkanes) is 1. The lowest BCUT2D eigenvalue weighted by Gasteiger charge is -2.26. The van der Waals surface area contributed by atoms with Gasteiger partial charge in [0.1, 0.15) is 0 Å². The zero-order chi connectivity index (χ0) is 13.9. The van der Waals surface area contributed by atoms with Crippen LogP contribution in [0, 0.1) is 5.92 Å². The van der Waals surface area contributed by atoms with Crippen LogP contribution in [0.4, 0.5) is 5.69 Å². The molecule has 4 nitrogen and oxygen atoms in total. The standard InChI is InChI=1S/C16H23N3O/c1-2-3-4-11-5-7-12(8-6-11)16-19-15-14(20-16)9-13(17)10-18-15/h9-12H,2-8,17H2,1H3. The third-order valence-electron chi connectivity index (χ3n) is 4.45. The fourth-order valence-electron chi connectivity index (χ4n) is 3.22. The van der Waals surface area contributed by atoms with Gasteiger partial charge in [-0.05, 0) is 31.6 Å². The molecule has 0 amide bonds. The number of anilines is 1. The van der Waals surface area contributed by atoms with Gasteiger partial charge in [-0.2, -0.15) is 4.98 Å². The number of pyridine rings is 1. The zero-order valence-corrected chi connectivity index (χ0v) is 12.1. The molecule has 0 bridgehead atoms. The molecule has 0 spiro atoms. The monoisotopic (exact) mass is 273 g/mol. The molecule has 0 unspecified atom stereocenters. The van der Waals surface area contributed by atoms with Crippen LogP contribution < -0.4 is 5.73 Å². The first-order valence-corrected chi connectivity index (χ1v) is 7.78. The van der Waals surface area contributed by atoms with Gasteiger partial charge >= 0.3 is 0 Å².